The molecule has 0 aromatic rings. The number of aliphatic hydroxyl groups excluding tert-OH is 1. The van der Waals surface area contributed by atoms with Gasteiger partial charge in [0.1, 0.15) is 0 Å². The second-order valence-electron chi connectivity index (χ2n) is 11.7. The van der Waals surface area contributed by atoms with Crippen LogP contribution in [-0.2, 0) is 4.74 Å². The molecule has 6 unspecified atom stereocenters. The standard InChI is InChI=1S/C29H54O2/c1-4-8-22-10-12-24(13-11-22)21-31-27-15-17-29(26(6-3)20-27)28-16-14-23(9-7-18-30)19-25(28)5-2/h22-30H,4-21H2,1-3H3. The first kappa shape index (κ1) is 25.5. The van der Waals surface area contributed by atoms with Crippen LogP contribution in [0.2, 0.25) is 0 Å². The second-order valence-corrected chi connectivity index (χ2v) is 11.7. The molecule has 2 heteroatoms. The van der Waals surface area contributed by atoms with Crippen molar-refractivity contribution in [2.45, 2.75) is 130 Å². The van der Waals surface area contributed by atoms with Crippen molar-refractivity contribution in [3.63, 3.8) is 0 Å². The molecule has 0 heterocycles. The molecule has 0 aromatic heterocycles. The largest absolute Gasteiger partial charge is 0.396 e. The summed E-state index contributed by atoms with van der Waals surface area (Å²) in [5.41, 5.74) is 0. The molecule has 3 fully saturated rings. The summed E-state index contributed by atoms with van der Waals surface area (Å²) in [6.45, 7) is 8.61. The number of hydrogen-bond acceptors (Lipinski definition) is 2. The monoisotopic (exact) mass is 434 g/mol. The minimum absolute atomic E-state index is 0.374. The average molecular weight is 435 g/mol. The van der Waals surface area contributed by atoms with Crippen LogP contribution in [0.5, 0.6) is 0 Å². The summed E-state index contributed by atoms with van der Waals surface area (Å²) in [4.78, 5) is 0. The van der Waals surface area contributed by atoms with E-state index in [9.17, 15) is 5.11 Å². The van der Waals surface area contributed by atoms with Crippen molar-refractivity contribution >= 4 is 0 Å². The minimum Gasteiger partial charge on any atom is -0.396 e. The van der Waals surface area contributed by atoms with Gasteiger partial charge < -0.3 is 9.84 Å². The molecule has 3 rings (SSSR count). The fourth-order valence-electron chi connectivity index (χ4n) is 7.86. The summed E-state index contributed by atoms with van der Waals surface area (Å²) in [6, 6.07) is 0. The van der Waals surface area contributed by atoms with Crippen LogP contribution in [0.3, 0.4) is 0 Å². The molecule has 0 amide bonds. The lowest BCUT2D eigenvalue weighted by atomic mass is 9.60. The van der Waals surface area contributed by atoms with Gasteiger partial charge in [-0.15, -0.1) is 0 Å². The van der Waals surface area contributed by atoms with Gasteiger partial charge >= 0.3 is 0 Å². The molecule has 0 saturated heterocycles. The summed E-state index contributed by atoms with van der Waals surface area (Å²) >= 11 is 0. The fourth-order valence-corrected chi connectivity index (χ4v) is 7.86. The Morgan fingerprint density at radius 2 is 1.29 bits per heavy atom. The second kappa shape index (κ2) is 13.6. The van der Waals surface area contributed by atoms with Crippen LogP contribution in [0.25, 0.3) is 0 Å². The van der Waals surface area contributed by atoms with E-state index in [1.165, 1.54) is 96.3 Å². The van der Waals surface area contributed by atoms with Crippen LogP contribution in [0, 0.1) is 41.4 Å². The van der Waals surface area contributed by atoms with Crippen LogP contribution < -0.4 is 0 Å². The van der Waals surface area contributed by atoms with Gasteiger partial charge in [0.25, 0.3) is 0 Å². The van der Waals surface area contributed by atoms with Crippen molar-refractivity contribution in [3.8, 4) is 0 Å². The van der Waals surface area contributed by atoms with Gasteiger partial charge in [-0.05, 0) is 99.2 Å². The van der Waals surface area contributed by atoms with Crippen molar-refractivity contribution in [2.24, 2.45) is 41.4 Å². The summed E-state index contributed by atoms with van der Waals surface area (Å²) in [7, 11) is 0. The van der Waals surface area contributed by atoms with E-state index >= 15 is 0 Å². The Kier molecular flexibility index (Phi) is 11.2. The maximum Gasteiger partial charge on any atom is 0.0578 e. The maximum absolute atomic E-state index is 9.22. The maximum atomic E-state index is 9.22. The molecular weight excluding hydrogens is 380 g/mol. The Morgan fingerprint density at radius 3 is 1.94 bits per heavy atom. The molecule has 0 bridgehead atoms. The molecule has 6 atom stereocenters. The first-order valence-corrected chi connectivity index (χ1v) is 14.4. The zero-order chi connectivity index (χ0) is 22.1. The van der Waals surface area contributed by atoms with E-state index in [0.29, 0.717) is 12.7 Å². The molecule has 3 aliphatic carbocycles. The van der Waals surface area contributed by atoms with Crippen molar-refractivity contribution in [1.29, 1.82) is 0 Å². The predicted octanol–water partition coefficient (Wildman–Crippen LogP) is 8.02. The van der Waals surface area contributed by atoms with Crippen LogP contribution in [0.4, 0.5) is 0 Å². The number of hydrogen-bond donors (Lipinski definition) is 1. The Hall–Kier alpha value is -0.0800. The highest BCUT2D eigenvalue weighted by Gasteiger charge is 2.40. The quantitative estimate of drug-likeness (QED) is 0.357. The topological polar surface area (TPSA) is 29.5 Å². The third-order valence-corrected chi connectivity index (χ3v) is 9.74. The third kappa shape index (κ3) is 7.46. The molecule has 0 spiro atoms. The first-order valence-electron chi connectivity index (χ1n) is 14.4. The highest BCUT2D eigenvalue weighted by atomic mass is 16.5. The smallest absolute Gasteiger partial charge is 0.0578 e. The zero-order valence-corrected chi connectivity index (χ0v) is 21.2. The van der Waals surface area contributed by atoms with Gasteiger partial charge in [-0.3, -0.25) is 0 Å². The third-order valence-electron chi connectivity index (χ3n) is 9.74. The van der Waals surface area contributed by atoms with Crippen molar-refractivity contribution in [2.75, 3.05) is 13.2 Å². The van der Waals surface area contributed by atoms with Gasteiger partial charge in [0, 0.05) is 13.2 Å². The lowest BCUT2D eigenvalue weighted by molar-refractivity contribution is -0.0460. The van der Waals surface area contributed by atoms with E-state index in [0.717, 1.165) is 54.5 Å². The SMILES string of the molecule is CCCC1CCC(COC2CCC(C3CCC(CCCO)CC3CC)C(CC)C2)CC1. The Morgan fingerprint density at radius 1 is 0.677 bits per heavy atom. The zero-order valence-electron chi connectivity index (χ0n) is 21.2. The fraction of sp³-hybridized carbons (Fsp3) is 1.00. The number of aliphatic hydroxyl groups is 1. The van der Waals surface area contributed by atoms with Crippen LogP contribution in [0.1, 0.15) is 124 Å². The van der Waals surface area contributed by atoms with Crippen molar-refractivity contribution in [3.05, 3.63) is 0 Å². The molecule has 1 N–H and O–H groups in total. The Balaban J connectivity index is 1.44. The molecular formula is C29H54O2. The van der Waals surface area contributed by atoms with Gasteiger partial charge in [-0.2, -0.15) is 0 Å². The molecule has 2 nitrogen and oxygen atoms in total. The van der Waals surface area contributed by atoms with Crippen molar-refractivity contribution in [1.82, 2.24) is 0 Å². The number of rotatable bonds is 11. The Bertz CT molecular complexity index is 469. The summed E-state index contributed by atoms with van der Waals surface area (Å²) in [5, 5.41) is 9.22. The lowest BCUT2D eigenvalue weighted by Crippen LogP contribution is -2.39. The van der Waals surface area contributed by atoms with E-state index in [2.05, 4.69) is 20.8 Å². The summed E-state index contributed by atoms with van der Waals surface area (Å²) in [5.74, 6) is 6.42. The lowest BCUT2D eigenvalue weighted by Gasteiger charge is -2.46. The van der Waals surface area contributed by atoms with Gasteiger partial charge in [-0.25, -0.2) is 0 Å². The van der Waals surface area contributed by atoms with E-state index in [-0.39, 0.29) is 0 Å². The van der Waals surface area contributed by atoms with Crippen LogP contribution in [-0.4, -0.2) is 24.4 Å². The minimum atomic E-state index is 0.374. The summed E-state index contributed by atoms with van der Waals surface area (Å²) < 4.78 is 6.58. The molecule has 0 aliphatic heterocycles. The van der Waals surface area contributed by atoms with Gasteiger partial charge in [0.2, 0.25) is 0 Å². The van der Waals surface area contributed by atoms with Crippen molar-refractivity contribution < 1.29 is 9.84 Å². The molecule has 0 aromatic carbocycles. The predicted molar refractivity (Wildman–Crippen MR) is 132 cm³/mol. The van der Waals surface area contributed by atoms with E-state index in [1.54, 1.807) is 0 Å². The first-order chi connectivity index (χ1) is 15.2. The van der Waals surface area contributed by atoms with Gasteiger partial charge in [-0.1, -0.05) is 65.7 Å². The average Bonchev–Trinajstić information content (AvgIpc) is 2.82. The molecule has 182 valence electrons. The molecule has 3 saturated carbocycles. The van der Waals surface area contributed by atoms with E-state index < -0.39 is 0 Å². The van der Waals surface area contributed by atoms with Crippen LogP contribution >= 0.6 is 0 Å². The number of ether oxygens (including phenoxy) is 1. The van der Waals surface area contributed by atoms with E-state index in [1.807, 2.05) is 0 Å². The highest BCUT2D eigenvalue weighted by molar-refractivity contribution is 4.90. The normalized spacial score (nSPS) is 39.5. The molecule has 31 heavy (non-hydrogen) atoms. The van der Waals surface area contributed by atoms with Gasteiger partial charge in [0.15, 0.2) is 0 Å². The van der Waals surface area contributed by atoms with Crippen LogP contribution in [0.15, 0.2) is 0 Å². The summed E-state index contributed by atoms with van der Waals surface area (Å²) in [6.07, 6.45) is 22.3. The van der Waals surface area contributed by atoms with E-state index in [4.69, 9.17) is 4.74 Å². The highest BCUT2D eigenvalue weighted by Crippen LogP contribution is 2.48. The Labute approximate surface area is 194 Å². The molecule has 0 radical (unpaired) electrons. The molecule has 3 aliphatic rings. The van der Waals surface area contributed by atoms with Gasteiger partial charge in [0.05, 0.1) is 6.10 Å².